The molecule has 11 heteroatoms. The third-order valence-corrected chi connectivity index (χ3v) is 14.9. The molecule has 3 saturated carbocycles. The maximum atomic E-state index is 12.4. The van der Waals surface area contributed by atoms with E-state index in [1.807, 2.05) is 11.8 Å². The summed E-state index contributed by atoms with van der Waals surface area (Å²) < 4.78 is 0. The van der Waals surface area contributed by atoms with Gasteiger partial charge in [-0.15, -0.1) is 0 Å². The highest BCUT2D eigenvalue weighted by atomic mass is 32.2. The van der Waals surface area contributed by atoms with Crippen molar-refractivity contribution in [3.63, 3.8) is 0 Å². The van der Waals surface area contributed by atoms with Crippen LogP contribution in [0.25, 0.3) is 0 Å². The summed E-state index contributed by atoms with van der Waals surface area (Å²) >= 11 is 1.91. The van der Waals surface area contributed by atoms with E-state index in [9.17, 15) is 19.2 Å². The molecule has 6 rings (SSSR count). The molecule has 49 heavy (non-hydrogen) atoms. The van der Waals surface area contributed by atoms with Crippen molar-refractivity contribution in [2.24, 2.45) is 39.7 Å². The minimum Gasteiger partial charge on any atom is -0.385 e. The van der Waals surface area contributed by atoms with Crippen molar-refractivity contribution in [2.75, 3.05) is 25.4 Å². The Morgan fingerprint density at radius 2 is 1.73 bits per heavy atom. The fraction of sp³-hybridized carbons (Fsp3) is 0.816. The first-order chi connectivity index (χ1) is 23.6. The molecule has 2 heterocycles. The van der Waals surface area contributed by atoms with Gasteiger partial charge < -0.3 is 26.1 Å². The lowest BCUT2D eigenvalue weighted by Gasteiger charge is -2.58. The van der Waals surface area contributed by atoms with Gasteiger partial charge in [0.2, 0.25) is 5.91 Å². The normalized spacial score (nSPS) is 36.8. The smallest absolute Gasteiger partial charge is 0.315 e. The van der Waals surface area contributed by atoms with E-state index >= 15 is 0 Å². The zero-order valence-corrected chi connectivity index (χ0v) is 30.8. The second-order valence-electron chi connectivity index (χ2n) is 16.3. The number of hydrogen-bond donors (Lipinski definition) is 4. The number of Topliss-reactive ketones (excluding diaryl/α,β-unsaturated/α-hetero) is 1. The van der Waals surface area contributed by atoms with Crippen LogP contribution in [0.2, 0.25) is 0 Å². The number of fused-ring (bicyclic) bond motifs is 6. The maximum Gasteiger partial charge on any atom is 0.315 e. The molecule has 4 amide bonds. The number of nitrogens with one attached hydrogen (secondary N) is 4. The predicted octanol–water partition coefficient (Wildman–Crippen LogP) is 5.66. The molecule has 272 valence electrons. The third-order valence-electron chi connectivity index (χ3n) is 13.4. The highest BCUT2D eigenvalue weighted by molar-refractivity contribution is 8.00. The summed E-state index contributed by atoms with van der Waals surface area (Å²) in [7, 11) is 0. The summed E-state index contributed by atoms with van der Waals surface area (Å²) in [6.07, 6.45) is 17.3. The lowest BCUT2D eigenvalue weighted by molar-refractivity contribution is -0.128. The Labute approximate surface area is 296 Å². The molecule has 2 saturated heterocycles. The molecule has 10 nitrogen and oxygen atoms in total. The number of amides is 4. The van der Waals surface area contributed by atoms with Gasteiger partial charge in [0.15, 0.2) is 6.61 Å². The van der Waals surface area contributed by atoms with Gasteiger partial charge >= 0.3 is 6.03 Å². The van der Waals surface area contributed by atoms with Gasteiger partial charge in [0.25, 0.3) is 5.91 Å². The SMILES string of the molecule is CC(=O)[C@@H]1CC[C@@H]2[C@H]3CCC4=C/C(=N\OCC(=O)NCCCCCNC(=O)CCCC[C@@H]5SC[C@H]6NC(=O)N[C@@H]56)CC[C@]4(C)[C@@H]3CC[C@@]21C. The van der Waals surface area contributed by atoms with E-state index in [4.69, 9.17) is 4.84 Å². The molecule has 9 atom stereocenters. The van der Waals surface area contributed by atoms with Crippen LogP contribution in [-0.4, -0.2) is 72.1 Å². The number of allylic oxidation sites excluding steroid dienone is 2. The summed E-state index contributed by atoms with van der Waals surface area (Å²) in [6.45, 7) is 7.85. The first-order valence-corrected chi connectivity index (χ1v) is 20.3. The molecule has 5 fully saturated rings. The van der Waals surface area contributed by atoms with E-state index in [0.29, 0.717) is 42.4 Å². The van der Waals surface area contributed by atoms with E-state index < -0.39 is 0 Å². The van der Waals surface area contributed by atoms with Crippen molar-refractivity contribution in [2.45, 2.75) is 134 Å². The summed E-state index contributed by atoms with van der Waals surface area (Å²) in [5, 5.41) is 16.7. The average Bonchev–Trinajstić information content (AvgIpc) is 3.74. The van der Waals surface area contributed by atoms with Crippen LogP contribution >= 0.6 is 11.8 Å². The lowest BCUT2D eigenvalue weighted by atomic mass is 9.46. The van der Waals surface area contributed by atoms with Crippen LogP contribution < -0.4 is 21.3 Å². The average molecular weight is 698 g/mol. The van der Waals surface area contributed by atoms with Crippen LogP contribution in [0.4, 0.5) is 4.79 Å². The third kappa shape index (κ3) is 8.01. The van der Waals surface area contributed by atoms with E-state index in [2.05, 4.69) is 46.3 Å². The number of unbranched alkanes of at least 4 members (excludes halogenated alkanes) is 3. The Morgan fingerprint density at radius 3 is 2.53 bits per heavy atom. The molecule has 4 aliphatic carbocycles. The lowest BCUT2D eigenvalue weighted by Crippen LogP contribution is -2.51. The molecule has 2 aliphatic heterocycles. The molecular weight excluding hydrogens is 639 g/mol. The Morgan fingerprint density at radius 1 is 0.939 bits per heavy atom. The highest BCUT2D eigenvalue weighted by Gasteiger charge is 2.59. The molecule has 0 aromatic heterocycles. The standard InChI is InChI=1S/C38H59N5O5S/c1-24(44)28-13-14-29-27-12-11-25-21-26(15-17-37(25,2)30(27)16-18-38(28,29)3)43-48-22-34(46)40-20-8-4-7-19-39-33(45)10-6-5-9-32-35-31(23-49-32)41-36(47)42-35/h21,27-32,35H,4-20,22-23H2,1-3H3,(H,39,45)(H,40,46)(H2,41,42,47)/b43-26-/t27-,28+,29-,30-,31-,32+,35-,37+,38-/m1/s1. The molecule has 0 spiro atoms. The molecule has 0 radical (unpaired) electrons. The zero-order chi connectivity index (χ0) is 34.6. The number of hydrogen-bond acceptors (Lipinski definition) is 7. The molecule has 4 N–H and O–H groups in total. The van der Waals surface area contributed by atoms with Crippen molar-refractivity contribution in [3.8, 4) is 0 Å². The first kappa shape index (κ1) is 36.2. The summed E-state index contributed by atoms with van der Waals surface area (Å²) in [5.41, 5.74) is 2.84. The van der Waals surface area contributed by atoms with Crippen molar-refractivity contribution in [1.29, 1.82) is 0 Å². The number of ketones is 1. The van der Waals surface area contributed by atoms with E-state index in [-0.39, 0.29) is 53.3 Å². The first-order valence-electron chi connectivity index (χ1n) is 19.2. The molecule has 0 aromatic carbocycles. The Balaban J connectivity index is 0.810. The molecule has 0 bridgehead atoms. The van der Waals surface area contributed by atoms with Gasteiger partial charge in [-0.3, -0.25) is 14.4 Å². The van der Waals surface area contributed by atoms with Gasteiger partial charge in [-0.25, -0.2) is 4.79 Å². The van der Waals surface area contributed by atoms with Crippen LogP contribution in [0.1, 0.15) is 117 Å². The van der Waals surface area contributed by atoms with E-state index in [0.717, 1.165) is 81.6 Å². The van der Waals surface area contributed by atoms with E-state index in [1.165, 1.54) is 31.3 Å². The van der Waals surface area contributed by atoms with Crippen LogP contribution in [-0.2, 0) is 19.2 Å². The summed E-state index contributed by atoms with van der Waals surface area (Å²) in [5.74, 6) is 3.63. The predicted molar refractivity (Wildman–Crippen MR) is 193 cm³/mol. The number of rotatable bonds is 15. The monoisotopic (exact) mass is 697 g/mol. The van der Waals surface area contributed by atoms with Gasteiger partial charge in [0.1, 0.15) is 5.78 Å². The minimum absolute atomic E-state index is 0.0538. The Hall–Kier alpha value is -2.56. The van der Waals surface area contributed by atoms with Gasteiger partial charge in [-0.2, -0.15) is 11.8 Å². The quantitative estimate of drug-likeness (QED) is 0.0991. The van der Waals surface area contributed by atoms with E-state index in [1.54, 1.807) is 6.92 Å². The second kappa shape index (κ2) is 15.8. The van der Waals surface area contributed by atoms with Crippen LogP contribution in [0.3, 0.4) is 0 Å². The fourth-order valence-corrected chi connectivity index (χ4v) is 12.3. The largest absolute Gasteiger partial charge is 0.385 e. The summed E-state index contributed by atoms with van der Waals surface area (Å²) in [4.78, 5) is 54.0. The highest BCUT2D eigenvalue weighted by Crippen LogP contribution is 2.66. The number of carbonyl (C=O) groups excluding carboxylic acids is 4. The van der Waals surface area contributed by atoms with Gasteiger partial charge in [0, 0.05) is 36.4 Å². The Kier molecular flexibility index (Phi) is 11.7. The number of urea groups is 1. The zero-order valence-electron chi connectivity index (χ0n) is 30.0. The maximum absolute atomic E-state index is 12.4. The van der Waals surface area contributed by atoms with Crippen LogP contribution in [0.15, 0.2) is 16.8 Å². The van der Waals surface area contributed by atoms with Gasteiger partial charge in [-0.05, 0) is 125 Å². The van der Waals surface area contributed by atoms with Crippen molar-refractivity contribution in [3.05, 3.63) is 11.6 Å². The number of thioether (sulfide) groups is 1. The van der Waals surface area contributed by atoms with Gasteiger partial charge in [-0.1, -0.05) is 31.0 Å². The van der Waals surface area contributed by atoms with Crippen LogP contribution in [0, 0.1) is 34.5 Å². The van der Waals surface area contributed by atoms with Gasteiger partial charge in [0.05, 0.1) is 17.8 Å². The molecule has 0 unspecified atom stereocenters. The number of nitrogens with zero attached hydrogens (tertiary/aromatic N) is 1. The molecule has 0 aromatic rings. The number of carbonyl (C=O) groups is 4. The fourth-order valence-electron chi connectivity index (χ4n) is 10.8. The minimum atomic E-state index is -0.157. The van der Waals surface area contributed by atoms with Crippen LogP contribution in [0.5, 0.6) is 0 Å². The topological polar surface area (TPSA) is 138 Å². The summed E-state index contributed by atoms with van der Waals surface area (Å²) in [6, 6.07) is 0.424. The van der Waals surface area contributed by atoms with Crippen molar-refractivity contribution < 1.29 is 24.0 Å². The second-order valence-corrected chi connectivity index (χ2v) is 17.5. The van der Waals surface area contributed by atoms with Crippen molar-refractivity contribution >= 4 is 41.1 Å². The molecule has 6 aliphatic rings. The number of oxime groups is 1. The van der Waals surface area contributed by atoms with Crippen molar-refractivity contribution in [1.82, 2.24) is 21.3 Å². The Bertz CT molecular complexity index is 1320. The molecular formula is C38H59N5O5S.